The Morgan fingerprint density at radius 1 is 1.55 bits per heavy atom. The summed E-state index contributed by atoms with van der Waals surface area (Å²) in [7, 11) is 1.58. The van der Waals surface area contributed by atoms with E-state index in [4.69, 9.17) is 9.15 Å². The highest BCUT2D eigenvalue weighted by Crippen LogP contribution is 2.43. The maximum atomic E-state index is 12.1. The molecule has 1 aliphatic rings. The lowest BCUT2D eigenvalue weighted by molar-refractivity contribution is 0.0875. The van der Waals surface area contributed by atoms with E-state index >= 15 is 0 Å². The van der Waals surface area contributed by atoms with Gasteiger partial charge in [-0.15, -0.1) is 0 Å². The van der Waals surface area contributed by atoms with Gasteiger partial charge in [0.25, 0.3) is 5.91 Å². The Hall–Kier alpha value is -1.33. The molecule has 1 aliphatic carbocycles. The van der Waals surface area contributed by atoms with Crippen molar-refractivity contribution in [2.75, 3.05) is 20.3 Å². The number of fused-ring (bicyclic) bond motifs is 1. The molecule has 0 aliphatic heterocycles. The van der Waals surface area contributed by atoms with Crippen LogP contribution in [0.2, 0.25) is 0 Å². The maximum Gasteiger partial charge on any atom is 0.287 e. The van der Waals surface area contributed by atoms with E-state index in [-0.39, 0.29) is 11.3 Å². The Morgan fingerprint density at radius 2 is 2.25 bits per heavy atom. The van der Waals surface area contributed by atoms with Crippen molar-refractivity contribution in [3.63, 3.8) is 0 Å². The van der Waals surface area contributed by atoms with Crippen molar-refractivity contribution in [3.05, 3.63) is 22.6 Å². The minimum absolute atomic E-state index is 0.0134. The average Bonchev–Trinajstić information content (AvgIpc) is 2.65. The second-order valence-electron chi connectivity index (χ2n) is 6.20. The molecular formula is C15H23NO4. The molecule has 5 heteroatoms. The van der Waals surface area contributed by atoms with Crippen molar-refractivity contribution < 1.29 is 19.1 Å². The third-order valence-corrected chi connectivity index (χ3v) is 3.79. The van der Waals surface area contributed by atoms with Gasteiger partial charge in [-0.1, -0.05) is 13.8 Å². The quantitative estimate of drug-likeness (QED) is 0.828. The van der Waals surface area contributed by atoms with Crippen LogP contribution in [0.5, 0.6) is 0 Å². The first kappa shape index (κ1) is 15.1. The molecule has 5 nitrogen and oxygen atoms in total. The number of ether oxygens (including phenoxy) is 1. The Labute approximate surface area is 119 Å². The molecule has 1 atom stereocenters. The van der Waals surface area contributed by atoms with Crippen molar-refractivity contribution >= 4 is 5.91 Å². The van der Waals surface area contributed by atoms with Gasteiger partial charge in [-0.05, 0) is 18.8 Å². The summed E-state index contributed by atoms with van der Waals surface area (Å²) in [6, 6.07) is 0. The standard InChI is InChI=1S/C15H23NO4/c1-9-12-10(17)7-15(2,3)8-11(12)20-13(9)14(18)16-5-6-19-4/h10,17H,5-8H2,1-4H3,(H,16,18). The topological polar surface area (TPSA) is 71.7 Å². The van der Waals surface area contributed by atoms with Crippen molar-refractivity contribution in [2.24, 2.45) is 5.41 Å². The highest BCUT2D eigenvalue weighted by Gasteiger charge is 2.37. The second-order valence-corrected chi connectivity index (χ2v) is 6.20. The van der Waals surface area contributed by atoms with E-state index in [0.717, 1.165) is 23.3 Å². The lowest BCUT2D eigenvalue weighted by atomic mass is 9.75. The number of aliphatic hydroxyl groups is 1. The smallest absolute Gasteiger partial charge is 0.287 e. The third kappa shape index (κ3) is 2.88. The summed E-state index contributed by atoms with van der Waals surface area (Å²) in [5, 5.41) is 13.0. The minimum Gasteiger partial charge on any atom is -0.455 e. The number of nitrogens with one attached hydrogen (secondary N) is 1. The predicted octanol–water partition coefficient (Wildman–Crippen LogP) is 1.97. The van der Waals surface area contributed by atoms with Crippen LogP contribution in [0.25, 0.3) is 0 Å². The number of furan rings is 1. The van der Waals surface area contributed by atoms with Crippen LogP contribution >= 0.6 is 0 Å². The van der Waals surface area contributed by atoms with Gasteiger partial charge < -0.3 is 19.6 Å². The molecule has 0 saturated heterocycles. The molecule has 0 radical (unpaired) electrons. The van der Waals surface area contributed by atoms with Crippen LogP contribution in [0.3, 0.4) is 0 Å². The summed E-state index contributed by atoms with van der Waals surface area (Å²) < 4.78 is 10.6. The number of carbonyl (C=O) groups is 1. The molecule has 112 valence electrons. The summed E-state index contributed by atoms with van der Waals surface area (Å²) in [4.78, 5) is 12.1. The normalized spacial score (nSPS) is 20.6. The molecule has 20 heavy (non-hydrogen) atoms. The molecule has 0 bridgehead atoms. The van der Waals surface area contributed by atoms with E-state index in [1.807, 2.05) is 6.92 Å². The molecule has 1 aromatic heterocycles. The Morgan fingerprint density at radius 3 is 2.90 bits per heavy atom. The first-order valence-electron chi connectivity index (χ1n) is 6.93. The lowest BCUT2D eigenvalue weighted by Crippen LogP contribution is -2.27. The molecule has 1 unspecified atom stereocenters. The molecule has 0 saturated carbocycles. The second kappa shape index (κ2) is 5.58. The van der Waals surface area contributed by atoms with E-state index < -0.39 is 6.10 Å². The SMILES string of the molecule is COCCNC(=O)c1oc2c(c1C)C(O)CC(C)(C)C2. The molecule has 0 fully saturated rings. The van der Waals surface area contributed by atoms with E-state index in [0.29, 0.717) is 25.3 Å². The van der Waals surface area contributed by atoms with Crippen molar-refractivity contribution in [3.8, 4) is 0 Å². The Kier molecular flexibility index (Phi) is 4.20. The van der Waals surface area contributed by atoms with E-state index in [2.05, 4.69) is 19.2 Å². The molecule has 0 aromatic carbocycles. The molecule has 1 heterocycles. The van der Waals surface area contributed by atoms with Gasteiger partial charge in [0.1, 0.15) is 5.76 Å². The number of amides is 1. The minimum atomic E-state index is -0.557. The van der Waals surface area contributed by atoms with E-state index in [9.17, 15) is 9.90 Å². The largest absolute Gasteiger partial charge is 0.455 e. The van der Waals surface area contributed by atoms with Gasteiger partial charge in [0.15, 0.2) is 5.76 Å². The van der Waals surface area contributed by atoms with Gasteiger partial charge in [-0.2, -0.15) is 0 Å². The number of aliphatic hydroxyl groups excluding tert-OH is 1. The fraction of sp³-hybridized carbons (Fsp3) is 0.667. The molecule has 0 spiro atoms. The number of carbonyl (C=O) groups excluding carboxylic acids is 1. The van der Waals surface area contributed by atoms with Gasteiger partial charge in [-0.3, -0.25) is 4.79 Å². The Balaban J connectivity index is 2.23. The highest BCUT2D eigenvalue weighted by atomic mass is 16.5. The summed E-state index contributed by atoms with van der Waals surface area (Å²) in [5.41, 5.74) is 1.53. The summed E-state index contributed by atoms with van der Waals surface area (Å²) in [6.45, 7) is 6.91. The Bertz CT molecular complexity index is 504. The van der Waals surface area contributed by atoms with Gasteiger partial charge >= 0.3 is 0 Å². The number of rotatable bonds is 4. The van der Waals surface area contributed by atoms with Crippen molar-refractivity contribution in [2.45, 2.75) is 39.7 Å². The van der Waals surface area contributed by atoms with E-state index in [1.54, 1.807) is 7.11 Å². The number of hydrogen-bond donors (Lipinski definition) is 2. The van der Waals surface area contributed by atoms with Crippen LogP contribution in [-0.4, -0.2) is 31.3 Å². The fourth-order valence-electron chi connectivity index (χ4n) is 2.85. The average molecular weight is 281 g/mol. The summed E-state index contributed by atoms with van der Waals surface area (Å²) >= 11 is 0. The zero-order valence-corrected chi connectivity index (χ0v) is 12.6. The van der Waals surface area contributed by atoms with Crippen molar-refractivity contribution in [1.82, 2.24) is 5.32 Å². The van der Waals surface area contributed by atoms with E-state index in [1.165, 1.54) is 0 Å². The van der Waals surface area contributed by atoms with Gasteiger partial charge in [0.05, 0.1) is 12.7 Å². The molecule has 1 amide bonds. The first-order valence-corrected chi connectivity index (χ1v) is 6.93. The number of hydrogen-bond acceptors (Lipinski definition) is 4. The van der Waals surface area contributed by atoms with Crippen LogP contribution in [0.15, 0.2) is 4.42 Å². The zero-order valence-electron chi connectivity index (χ0n) is 12.6. The van der Waals surface area contributed by atoms with Crippen LogP contribution in [0, 0.1) is 12.3 Å². The third-order valence-electron chi connectivity index (χ3n) is 3.79. The molecule has 1 aromatic rings. The zero-order chi connectivity index (χ0) is 14.9. The van der Waals surface area contributed by atoms with Crippen LogP contribution < -0.4 is 5.32 Å². The lowest BCUT2D eigenvalue weighted by Gasteiger charge is -2.31. The van der Waals surface area contributed by atoms with Gasteiger partial charge in [-0.25, -0.2) is 0 Å². The van der Waals surface area contributed by atoms with Crippen LogP contribution in [0.4, 0.5) is 0 Å². The van der Waals surface area contributed by atoms with Gasteiger partial charge in [0, 0.05) is 31.2 Å². The van der Waals surface area contributed by atoms with Crippen LogP contribution in [0.1, 0.15) is 53.8 Å². The maximum absolute atomic E-state index is 12.1. The molecule has 2 rings (SSSR count). The fourth-order valence-corrected chi connectivity index (χ4v) is 2.85. The van der Waals surface area contributed by atoms with Gasteiger partial charge in [0.2, 0.25) is 0 Å². The highest BCUT2D eigenvalue weighted by molar-refractivity contribution is 5.93. The monoisotopic (exact) mass is 281 g/mol. The van der Waals surface area contributed by atoms with Crippen LogP contribution in [-0.2, 0) is 11.2 Å². The molecule has 2 N–H and O–H groups in total. The van der Waals surface area contributed by atoms with Crippen molar-refractivity contribution in [1.29, 1.82) is 0 Å². The molecular weight excluding hydrogens is 258 g/mol. The summed E-state index contributed by atoms with van der Waals surface area (Å²) in [6.07, 6.45) is 0.870. The first-order chi connectivity index (χ1) is 9.35. The summed E-state index contributed by atoms with van der Waals surface area (Å²) in [5.74, 6) is 0.796. The number of methoxy groups -OCH3 is 1. The predicted molar refractivity (Wildman–Crippen MR) is 74.7 cm³/mol.